The molecule has 54 heteroatoms. The van der Waals surface area contributed by atoms with Gasteiger partial charge in [0.05, 0.1) is 0 Å². The first-order chi connectivity index (χ1) is 0. The summed E-state index contributed by atoms with van der Waals surface area (Å²) in [5, 5.41) is 0. The van der Waals surface area contributed by atoms with Crippen molar-refractivity contribution in [3.05, 3.63) is 0 Å². The van der Waals surface area contributed by atoms with Crippen molar-refractivity contribution < 1.29 is 388 Å². The first-order valence-corrected chi connectivity index (χ1v) is 0. The molecule has 0 fully saturated rings. The van der Waals surface area contributed by atoms with Crippen molar-refractivity contribution in [2.45, 2.75) is 0 Å². The zero-order valence-electron chi connectivity index (χ0n) is 25.8. The molecule has 0 aromatic heterocycles. The van der Waals surface area contributed by atoms with E-state index in [4.69, 9.17) is 0 Å². The van der Waals surface area contributed by atoms with Gasteiger partial charge in [0.15, 0.2) is 0 Å². The fourth-order valence-corrected chi connectivity index (χ4v) is 0. The molecule has 0 heterocycles. The second-order valence-corrected chi connectivity index (χ2v) is 0. The van der Waals surface area contributed by atoms with Crippen LogP contribution in [-0.4, -0.2) is 252 Å². The minimum absolute atomic E-state index is 0. The van der Waals surface area contributed by atoms with Crippen LogP contribution in [0.5, 0.6) is 0 Å². The zero-order chi connectivity index (χ0) is 0. The normalized spacial score (nSPS) is 0. The minimum Gasteiger partial charge on any atom is -0.412 e. The van der Waals surface area contributed by atoms with Crippen LogP contribution in [0, 0.1) is 0 Å². The van der Waals surface area contributed by atoms with E-state index < -0.39 is 0 Å². The fraction of sp³-hybridized carbons (Fsp3) is 0. The van der Waals surface area contributed by atoms with Crippen molar-refractivity contribution in [1.82, 2.24) is 0 Å². The van der Waals surface area contributed by atoms with E-state index in [2.05, 4.69) is 0 Å². The summed E-state index contributed by atoms with van der Waals surface area (Å²) in [6.45, 7) is 0. The monoisotopic (exact) mass is 1280 g/mol. The molecule has 0 aliphatic carbocycles. The van der Waals surface area contributed by atoms with Crippen LogP contribution in [0.4, 0.5) is 0 Å². The van der Waals surface area contributed by atoms with E-state index in [1.54, 1.807) is 0 Å². The van der Waals surface area contributed by atoms with Gasteiger partial charge in [-0.1, -0.05) is 0 Å². The van der Waals surface area contributed by atoms with E-state index in [0.29, 0.717) is 0 Å². The van der Waals surface area contributed by atoms with Crippen LogP contribution in [0.2, 0.25) is 0 Å². The van der Waals surface area contributed by atoms with Crippen molar-refractivity contribution in [3.8, 4) is 0 Å². The Morgan fingerprint density at radius 2 is 0.0370 bits per heavy atom. The number of hydrogen-bond acceptors (Lipinski definition) is 0. The maximum atomic E-state index is 0. The summed E-state index contributed by atoms with van der Waals surface area (Å²) in [5.41, 5.74) is 0. The molecule has 0 saturated heterocycles. The number of hydrogen-bond donors (Lipinski definition) is 0. The fourth-order valence-electron chi connectivity index (χ4n) is 0. The van der Waals surface area contributed by atoms with Crippen LogP contribution in [0.15, 0.2) is 0 Å². The van der Waals surface area contributed by atoms with Crippen LogP contribution in [0.25, 0.3) is 0 Å². The summed E-state index contributed by atoms with van der Waals surface area (Å²) in [6.07, 6.45) is 0. The standard InChI is InChI=1S/8Fe.46H2O/h;;;;;;;;46*1H2. The maximum Gasteiger partial charge on any atom is 0 e. The Morgan fingerprint density at radius 3 is 0.0370 bits per heavy atom. The van der Waals surface area contributed by atoms with Crippen molar-refractivity contribution >= 4 is 0 Å². The molecule has 0 bridgehead atoms. The molecule has 0 aromatic rings. The van der Waals surface area contributed by atoms with Crippen LogP contribution in [-0.2, 0) is 137 Å². The molecule has 0 amide bonds. The molecule has 54 heavy (non-hydrogen) atoms. The smallest absolute Gasteiger partial charge is 0 e. The van der Waals surface area contributed by atoms with Crippen molar-refractivity contribution in [3.63, 3.8) is 0 Å². The molecule has 46 nitrogen and oxygen atoms in total. The van der Waals surface area contributed by atoms with Gasteiger partial charge in [-0.05, 0) is 0 Å². The molecule has 432 valence electrons. The van der Waals surface area contributed by atoms with Gasteiger partial charge in [0.1, 0.15) is 0 Å². The molecule has 0 aliphatic rings. The molecular weight excluding hydrogens is 1180 g/mol. The van der Waals surface area contributed by atoms with E-state index >= 15 is 0 Å². The second kappa shape index (κ2) is 30400. The topological polar surface area (TPSA) is 1450 Å². The van der Waals surface area contributed by atoms with Crippen LogP contribution in [0.3, 0.4) is 0 Å². The van der Waals surface area contributed by atoms with Crippen LogP contribution < -0.4 is 0 Å². The average Bonchev–Trinajstić information content (AvgIpc) is 0. The molecule has 0 atom stereocenters. The molecule has 0 radical (unpaired) electrons. The summed E-state index contributed by atoms with van der Waals surface area (Å²) in [4.78, 5) is 0. The Balaban J connectivity index is 0. The minimum atomic E-state index is 0. The SMILES string of the molecule is O.O.O.O.O.O.O.O.O.O.O.O.O.O.O.O.O.O.O.O.O.O.O.O.O.O.O.O.O.O.O.O.O.O.O.O.O.O.O.O.O.O.O.O.O.O.[Fe].[Fe].[Fe].[Fe].[Fe].[Fe].[Fe].[Fe]. The van der Waals surface area contributed by atoms with Gasteiger partial charge in [0, 0.05) is 137 Å². The molecule has 0 spiro atoms. The third kappa shape index (κ3) is 28800. The van der Waals surface area contributed by atoms with Crippen LogP contribution >= 0.6 is 0 Å². The molecular formula is H92Fe8O46. The Hall–Kier alpha value is 2.32. The van der Waals surface area contributed by atoms with Crippen LogP contribution in [0.1, 0.15) is 0 Å². The van der Waals surface area contributed by atoms with E-state index in [0.717, 1.165) is 0 Å². The first-order valence-electron chi connectivity index (χ1n) is 0. The molecule has 0 rings (SSSR count). The quantitative estimate of drug-likeness (QED) is 0.204. The molecule has 92 N–H and O–H groups in total. The summed E-state index contributed by atoms with van der Waals surface area (Å²) >= 11 is 0. The summed E-state index contributed by atoms with van der Waals surface area (Å²) in [5.74, 6) is 0. The Bertz CT molecular complexity index is 32.7. The van der Waals surface area contributed by atoms with E-state index in [1.165, 1.54) is 0 Å². The van der Waals surface area contributed by atoms with Gasteiger partial charge >= 0.3 is 0 Å². The van der Waals surface area contributed by atoms with E-state index in [-0.39, 0.29) is 388 Å². The Labute approximate surface area is 386 Å². The van der Waals surface area contributed by atoms with E-state index in [1.807, 2.05) is 0 Å². The largest absolute Gasteiger partial charge is 0.412 e. The first kappa shape index (κ1) is 32100. The van der Waals surface area contributed by atoms with Gasteiger partial charge < -0.3 is 252 Å². The van der Waals surface area contributed by atoms with Crippen molar-refractivity contribution in [2.75, 3.05) is 0 Å². The Morgan fingerprint density at radius 1 is 0.0370 bits per heavy atom. The second-order valence-electron chi connectivity index (χ2n) is 0. The predicted octanol–water partition coefficient (Wildman–Crippen LogP) is -38.0. The van der Waals surface area contributed by atoms with E-state index in [9.17, 15) is 0 Å². The van der Waals surface area contributed by atoms with Gasteiger partial charge in [-0.3, -0.25) is 0 Å². The van der Waals surface area contributed by atoms with Gasteiger partial charge in [0.2, 0.25) is 0 Å². The van der Waals surface area contributed by atoms with Crippen molar-refractivity contribution in [1.29, 1.82) is 0 Å². The molecule has 0 aromatic carbocycles. The zero-order valence-corrected chi connectivity index (χ0v) is 34.7. The molecule has 0 saturated carbocycles. The summed E-state index contributed by atoms with van der Waals surface area (Å²) in [7, 11) is 0. The van der Waals surface area contributed by atoms with Gasteiger partial charge in [-0.2, -0.15) is 0 Å². The summed E-state index contributed by atoms with van der Waals surface area (Å²) in [6, 6.07) is 0. The molecule has 0 unspecified atom stereocenters. The van der Waals surface area contributed by atoms with Gasteiger partial charge in [0.25, 0.3) is 0 Å². The predicted molar refractivity (Wildman–Crippen MR) is 166 cm³/mol. The third-order valence-electron chi connectivity index (χ3n) is 0. The average molecular weight is 1280 g/mol. The molecule has 0 aliphatic heterocycles. The van der Waals surface area contributed by atoms with Crippen molar-refractivity contribution in [2.24, 2.45) is 0 Å². The number of rotatable bonds is 0. The maximum absolute atomic E-state index is 0. The van der Waals surface area contributed by atoms with Gasteiger partial charge in [-0.15, -0.1) is 0 Å². The Kier molecular flexibility index (Phi) is 18100000. The third-order valence-corrected chi connectivity index (χ3v) is 0. The summed E-state index contributed by atoms with van der Waals surface area (Å²) < 4.78 is 0. The van der Waals surface area contributed by atoms with Gasteiger partial charge in [-0.25, -0.2) is 0 Å².